The molecular weight excluding hydrogens is 647 g/mol. The van der Waals surface area contributed by atoms with Crippen LogP contribution in [0.3, 0.4) is 0 Å². The van der Waals surface area contributed by atoms with Gasteiger partial charge in [0.15, 0.2) is 5.75 Å². The first kappa shape index (κ1) is 34.8. The van der Waals surface area contributed by atoms with Gasteiger partial charge in [0.25, 0.3) is 10.5 Å². The Morgan fingerprint density at radius 2 is 1.10 bits per heavy atom. The zero-order chi connectivity index (χ0) is 31.2. The molecule has 0 aliphatic heterocycles. The van der Waals surface area contributed by atoms with E-state index in [4.69, 9.17) is 23.2 Å². The number of para-hydroxylation sites is 1. The third-order valence-corrected chi connectivity index (χ3v) is 4.33. The highest BCUT2D eigenvalue weighted by Crippen LogP contribution is 2.55. The molecule has 0 aromatic heterocycles. The minimum atomic E-state index is -7.89. The molecule has 1 rings (SSSR count). The maximum Gasteiger partial charge on any atom is 0.462 e. The van der Waals surface area contributed by atoms with Gasteiger partial charge in [-0.25, -0.2) is 4.39 Å². The average molecular weight is 651 g/mol. The summed E-state index contributed by atoms with van der Waals surface area (Å²) in [6, 6.07) is 1.59. The molecule has 0 heterocycles. The van der Waals surface area contributed by atoms with Crippen molar-refractivity contribution in [3.05, 3.63) is 29.3 Å². The molecule has 0 radical (unpaired) electrons. The first-order valence-corrected chi connectivity index (χ1v) is 9.38. The summed E-state index contributed by atoms with van der Waals surface area (Å²) in [5, 5.41) is -3.61. The number of alkyl halides is 16. The largest absolute Gasteiger partial charge is 0.462 e. The fourth-order valence-corrected chi connectivity index (χ4v) is 2.40. The number of carbonyl (C=O) groups excluding carboxylic acids is 2. The van der Waals surface area contributed by atoms with E-state index in [1.165, 1.54) is 4.74 Å². The van der Waals surface area contributed by atoms with Crippen molar-refractivity contribution < 1.29 is 94.0 Å². The third-order valence-electron chi connectivity index (χ3n) is 3.92. The van der Waals surface area contributed by atoms with Gasteiger partial charge in [-0.2, -0.15) is 65.9 Å². The summed E-state index contributed by atoms with van der Waals surface area (Å²) in [5.41, 5.74) is -2.62. The predicted molar refractivity (Wildman–Crippen MR) is 90.2 cm³/mol. The van der Waals surface area contributed by atoms with Gasteiger partial charge in [0.2, 0.25) is 0 Å². The van der Waals surface area contributed by atoms with E-state index >= 15 is 0 Å². The van der Waals surface area contributed by atoms with Crippen LogP contribution in [0.4, 0.5) is 70.2 Å². The predicted octanol–water partition coefficient (Wildman–Crippen LogP) is 7.36. The molecule has 224 valence electrons. The Balaban J connectivity index is 3.53. The van der Waals surface area contributed by atoms with E-state index in [2.05, 4.69) is 9.47 Å². The van der Waals surface area contributed by atoms with Crippen LogP contribution in [0.2, 0.25) is 0 Å². The van der Waals surface area contributed by atoms with Crippen molar-refractivity contribution in [2.24, 2.45) is 0 Å². The normalized spacial score (nSPS) is 16.5. The number of ether oxygens (including phenoxy) is 3. The van der Waals surface area contributed by atoms with E-state index < -0.39 is 76.2 Å². The summed E-state index contributed by atoms with van der Waals surface area (Å²) in [6.07, 6.45) is -42.6. The lowest BCUT2D eigenvalue weighted by Crippen LogP contribution is -2.66. The zero-order valence-corrected chi connectivity index (χ0v) is 18.7. The molecule has 1 aromatic carbocycles. The minimum absolute atomic E-state index is 0.444. The van der Waals surface area contributed by atoms with Crippen molar-refractivity contribution in [1.29, 1.82) is 0 Å². The Hall–Kier alpha value is -2.26. The smallest absolute Gasteiger partial charge is 0.427 e. The monoisotopic (exact) mass is 650 g/mol. The molecule has 39 heavy (non-hydrogen) atoms. The van der Waals surface area contributed by atoms with Gasteiger partial charge in [-0.1, -0.05) is 6.07 Å². The third kappa shape index (κ3) is 6.73. The molecular formula is C16H4Cl2F16O5. The SMILES string of the molecule is O=C(Cl)c1cccc(C(=O)Cl)c1OC(F)(F)C(F)OC(F)(F)C(F)(OC(F)(F)C(F)(F)C(F)(F)F)C(F)(F)F. The fourth-order valence-electron chi connectivity index (χ4n) is 2.10. The number of benzene rings is 1. The van der Waals surface area contributed by atoms with E-state index in [0.717, 1.165) is 0 Å². The van der Waals surface area contributed by atoms with Crippen LogP contribution < -0.4 is 4.74 Å². The molecule has 5 nitrogen and oxygen atoms in total. The van der Waals surface area contributed by atoms with Gasteiger partial charge in [-0.05, 0) is 35.3 Å². The molecule has 23 heteroatoms. The molecule has 0 aliphatic carbocycles. The highest BCUT2D eigenvalue weighted by Gasteiger charge is 2.84. The van der Waals surface area contributed by atoms with E-state index in [0.29, 0.717) is 18.2 Å². The molecule has 1 aromatic rings. The lowest BCUT2D eigenvalue weighted by atomic mass is 10.1. The van der Waals surface area contributed by atoms with Gasteiger partial charge in [0, 0.05) is 0 Å². The summed E-state index contributed by atoms with van der Waals surface area (Å²) in [4.78, 5) is 22.6. The molecule has 0 spiro atoms. The number of carbonyl (C=O) groups is 2. The number of hydrogen-bond acceptors (Lipinski definition) is 5. The van der Waals surface area contributed by atoms with E-state index in [1.54, 1.807) is 0 Å². The van der Waals surface area contributed by atoms with Gasteiger partial charge in [-0.15, -0.1) is 0 Å². The Bertz CT molecular complexity index is 1060. The molecule has 2 unspecified atom stereocenters. The molecule has 0 saturated carbocycles. The summed E-state index contributed by atoms with van der Waals surface area (Å²) in [5.74, 6) is -17.6. The lowest BCUT2D eigenvalue weighted by molar-refractivity contribution is -0.543. The van der Waals surface area contributed by atoms with Gasteiger partial charge in [0.05, 0.1) is 11.1 Å². The topological polar surface area (TPSA) is 61.8 Å². The molecule has 0 aliphatic rings. The van der Waals surface area contributed by atoms with Crippen LogP contribution in [0.25, 0.3) is 0 Å². The Kier molecular flexibility index (Phi) is 9.46. The van der Waals surface area contributed by atoms with Crippen molar-refractivity contribution >= 4 is 33.7 Å². The maximum absolute atomic E-state index is 14.1. The highest BCUT2D eigenvalue weighted by molar-refractivity contribution is 6.69. The second kappa shape index (κ2) is 10.6. The van der Waals surface area contributed by atoms with Crippen LogP contribution in [0, 0.1) is 0 Å². The van der Waals surface area contributed by atoms with Gasteiger partial charge >= 0.3 is 48.8 Å². The van der Waals surface area contributed by atoms with Crippen LogP contribution in [-0.4, -0.2) is 59.3 Å². The van der Waals surface area contributed by atoms with E-state index in [9.17, 15) is 79.8 Å². The first-order chi connectivity index (χ1) is 17.1. The van der Waals surface area contributed by atoms with Crippen LogP contribution in [0.15, 0.2) is 18.2 Å². The molecule has 0 amide bonds. The van der Waals surface area contributed by atoms with Gasteiger partial charge < -0.3 is 4.74 Å². The molecule has 2 atom stereocenters. The highest BCUT2D eigenvalue weighted by atomic mass is 35.5. The number of hydrogen-bond donors (Lipinski definition) is 0. The zero-order valence-electron chi connectivity index (χ0n) is 17.2. The second-order valence-electron chi connectivity index (χ2n) is 6.63. The summed E-state index contributed by atoms with van der Waals surface area (Å²) < 4.78 is 217. The average Bonchev–Trinajstić information content (AvgIpc) is 2.70. The Labute approximate surface area is 212 Å². The van der Waals surface area contributed by atoms with E-state index in [-0.39, 0.29) is 0 Å². The van der Waals surface area contributed by atoms with Crippen molar-refractivity contribution in [1.82, 2.24) is 0 Å². The lowest BCUT2D eigenvalue weighted by Gasteiger charge is -2.38. The Morgan fingerprint density at radius 3 is 1.44 bits per heavy atom. The van der Waals surface area contributed by atoms with E-state index in [1.807, 2.05) is 0 Å². The molecule has 0 saturated heterocycles. The first-order valence-electron chi connectivity index (χ1n) is 8.63. The van der Waals surface area contributed by atoms with Crippen molar-refractivity contribution in [2.75, 3.05) is 0 Å². The van der Waals surface area contributed by atoms with Crippen molar-refractivity contribution in [3.63, 3.8) is 0 Å². The standard InChI is InChI=1S/C16H4Cl2F16O5/c17-7(35)4-2-1-3-5(8(18)36)6(4)37-10(20,21)9(19)38-16(33,34)12(24,14(28,29)30)39-15(31,32)11(22,23)13(25,26)27/h1-3,9H. The van der Waals surface area contributed by atoms with Crippen LogP contribution >= 0.6 is 23.2 Å². The summed E-state index contributed by atoms with van der Waals surface area (Å²) in [6.45, 7) is 0. The van der Waals surface area contributed by atoms with Crippen molar-refractivity contribution in [2.45, 2.75) is 48.8 Å². The molecule has 0 N–H and O–H groups in total. The van der Waals surface area contributed by atoms with Gasteiger partial charge in [0.1, 0.15) is 0 Å². The Morgan fingerprint density at radius 1 is 0.692 bits per heavy atom. The minimum Gasteiger partial charge on any atom is -0.427 e. The van der Waals surface area contributed by atoms with Crippen molar-refractivity contribution in [3.8, 4) is 5.75 Å². The van der Waals surface area contributed by atoms with Crippen LogP contribution in [0.5, 0.6) is 5.75 Å². The summed E-state index contributed by atoms with van der Waals surface area (Å²) >= 11 is 9.95. The fraction of sp³-hybridized carbons (Fsp3) is 0.500. The second-order valence-corrected chi connectivity index (χ2v) is 7.31. The maximum atomic E-state index is 14.1. The summed E-state index contributed by atoms with van der Waals surface area (Å²) in [7, 11) is 0. The number of rotatable bonds is 11. The molecule has 0 bridgehead atoms. The van der Waals surface area contributed by atoms with Crippen LogP contribution in [-0.2, 0) is 9.47 Å². The van der Waals surface area contributed by atoms with Crippen LogP contribution in [0.1, 0.15) is 20.7 Å². The molecule has 0 fully saturated rings. The quantitative estimate of drug-likeness (QED) is 0.185. The number of halogens is 18. The van der Waals surface area contributed by atoms with Gasteiger partial charge in [-0.3, -0.25) is 19.1 Å².